The Kier molecular flexibility index (Phi) is 4.37. The summed E-state index contributed by atoms with van der Waals surface area (Å²) in [7, 11) is 0. The molecule has 3 rings (SSSR count). The van der Waals surface area contributed by atoms with E-state index in [9.17, 15) is 10.2 Å². The van der Waals surface area contributed by atoms with E-state index in [-0.39, 0.29) is 5.41 Å². The van der Waals surface area contributed by atoms with Crippen LogP contribution in [0.15, 0.2) is 48.5 Å². The van der Waals surface area contributed by atoms with E-state index in [4.69, 9.17) is 0 Å². The Morgan fingerprint density at radius 2 is 0.909 bits per heavy atom. The topological polar surface area (TPSA) is 40.5 Å². The highest BCUT2D eigenvalue weighted by Gasteiger charge is 2.34. The molecule has 22 heavy (non-hydrogen) atoms. The molecule has 2 heteroatoms. The molecule has 0 atom stereocenters. The molecule has 1 aliphatic rings. The van der Waals surface area contributed by atoms with Gasteiger partial charge in [0.05, 0.1) is 0 Å². The summed E-state index contributed by atoms with van der Waals surface area (Å²) in [4.78, 5) is 0. The van der Waals surface area contributed by atoms with Gasteiger partial charge in [0, 0.05) is 5.41 Å². The van der Waals surface area contributed by atoms with Crippen molar-refractivity contribution in [2.75, 3.05) is 0 Å². The third-order valence-corrected chi connectivity index (χ3v) is 5.05. The predicted molar refractivity (Wildman–Crippen MR) is 89.3 cm³/mol. The second-order valence-corrected chi connectivity index (χ2v) is 6.44. The molecular weight excluding hydrogens is 272 g/mol. The highest BCUT2D eigenvalue weighted by molar-refractivity contribution is 5.43. The third kappa shape index (κ3) is 2.96. The molecule has 2 N–H and O–H groups in total. The van der Waals surface area contributed by atoms with Crippen molar-refractivity contribution in [1.82, 2.24) is 0 Å². The van der Waals surface area contributed by atoms with Gasteiger partial charge in [-0.1, -0.05) is 56.4 Å². The van der Waals surface area contributed by atoms with E-state index in [2.05, 4.69) is 24.3 Å². The lowest BCUT2D eigenvalue weighted by Gasteiger charge is -2.37. The van der Waals surface area contributed by atoms with Gasteiger partial charge >= 0.3 is 0 Å². The maximum Gasteiger partial charge on any atom is 0.115 e. The first-order valence-corrected chi connectivity index (χ1v) is 8.30. The Labute approximate surface area is 132 Å². The predicted octanol–water partition coefficient (Wildman–Crippen LogP) is 5.13. The monoisotopic (exact) mass is 296 g/mol. The lowest BCUT2D eigenvalue weighted by atomic mass is 9.67. The van der Waals surface area contributed by atoms with Gasteiger partial charge in [-0.2, -0.15) is 0 Å². The smallest absolute Gasteiger partial charge is 0.115 e. The summed E-state index contributed by atoms with van der Waals surface area (Å²) in [6, 6.07) is 15.4. The zero-order valence-electron chi connectivity index (χ0n) is 13.0. The Morgan fingerprint density at radius 1 is 0.545 bits per heavy atom. The highest BCUT2D eigenvalue weighted by Crippen LogP contribution is 2.43. The number of aromatic hydroxyl groups is 2. The van der Waals surface area contributed by atoms with E-state index in [0.29, 0.717) is 11.5 Å². The van der Waals surface area contributed by atoms with Crippen LogP contribution >= 0.6 is 0 Å². The fourth-order valence-electron chi connectivity index (χ4n) is 3.81. The lowest BCUT2D eigenvalue weighted by Crippen LogP contribution is -2.28. The van der Waals surface area contributed by atoms with Crippen LogP contribution in [0.25, 0.3) is 0 Å². The van der Waals surface area contributed by atoms with Crippen LogP contribution in [0.1, 0.15) is 56.1 Å². The summed E-state index contributed by atoms with van der Waals surface area (Å²) in [6.45, 7) is 0. The lowest BCUT2D eigenvalue weighted by molar-refractivity contribution is 0.365. The number of benzene rings is 2. The van der Waals surface area contributed by atoms with Crippen molar-refractivity contribution in [1.29, 1.82) is 0 Å². The number of hydrogen-bond donors (Lipinski definition) is 2. The van der Waals surface area contributed by atoms with Gasteiger partial charge < -0.3 is 10.2 Å². The Balaban J connectivity index is 2.07. The van der Waals surface area contributed by atoms with Crippen LogP contribution in [0.2, 0.25) is 0 Å². The van der Waals surface area contributed by atoms with Crippen molar-refractivity contribution in [3.05, 3.63) is 59.7 Å². The van der Waals surface area contributed by atoms with Crippen LogP contribution in [0.4, 0.5) is 0 Å². The van der Waals surface area contributed by atoms with E-state index in [1.807, 2.05) is 0 Å². The maximum atomic E-state index is 9.61. The van der Waals surface area contributed by atoms with E-state index in [1.54, 1.807) is 24.3 Å². The quantitative estimate of drug-likeness (QED) is 0.806. The molecule has 1 saturated carbocycles. The zero-order chi connectivity index (χ0) is 15.4. The molecule has 1 fully saturated rings. The second-order valence-electron chi connectivity index (χ2n) is 6.44. The minimum atomic E-state index is 0.00181. The van der Waals surface area contributed by atoms with Gasteiger partial charge in [-0.3, -0.25) is 0 Å². The summed E-state index contributed by atoms with van der Waals surface area (Å²) >= 11 is 0. The van der Waals surface area contributed by atoms with Crippen molar-refractivity contribution in [3.8, 4) is 11.5 Å². The van der Waals surface area contributed by atoms with Gasteiger partial charge in [-0.15, -0.1) is 0 Å². The van der Waals surface area contributed by atoms with Gasteiger partial charge in [0.25, 0.3) is 0 Å². The number of phenolic OH excluding ortho intramolecular Hbond substituents is 2. The highest BCUT2D eigenvalue weighted by atomic mass is 16.3. The molecule has 0 amide bonds. The van der Waals surface area contributed by atoms with Crippen molar-refractivity contribution in [2.45, 2.75) is 50.4 Å². The van der Waals surface area contributed by atoms with Gasteiger partial charge in [-0.05, 0) is 48.2 Å². The summed E-state index contributed by atoms with van der Waals surface area (Å²) in [5.74, 6) is 0.630. The normalized spacial score (nSPS) is 18.4. The van der Waals surface area contributed by atoms with Gasteiger partial charge in [0.15, 0.2) is 0 Å². The van der Waals surface area contributed by atoms with Gasteiger partial charge in [0.2, 0.25) is 0 Å². The first-order valence-electron chi connectivity index (χ1n) is 8.30. The van der Waals surface area contributed by atoms with Crippen molar-refractivity contribution < 1.29 is 10.2 Å². The fourth-order valence-corrected chi connectivity index (χ4v) is 3.81. The van der Waals surface area contributed by atoms with Crippen LogP contribution < -0.4 is 0 Å². The van der Waals surface area contributed by atoms with E-state index in [1.165, 1.54) is 43.2 Å². The van der Waals surface area contributed by atoms with Gasteiger partial charge in [0.1, 0.15) is 11.5 Å². The Hall–Kier alpha value is -1.96. The van der Waals surface area contributed by atoms with Crippen LogP contribution in [0.3, 0.4) is 0 Å². The molecule has 2 aromatic carbocycles. The SMILES string of the molecule is Oc1ccc(C2(c3ccc(O)cc3)CCCCCCC2)cc1. The minimum absolute atomic E-state index is 0.00181. The third-order valence-electron chi connectivity index (χ3n) is 5.05. The molecule has 0 heterocycles. The molecular formula is C20H24O2. The molecule has 0 saturated heterocycles. The molecule has 0 aliphatic heterocycles. The average molecular weight is 296 g/mol. The molecule has 2 aromatic rings. The first-order chi connectivity index (χ1) is 10.7. The van der Waals surface area contributed by atoms with Crippen LogP contribution in [0, 0.1) is 0 Å². The molecule has 0 radical (unpaired) electrons. The number of rotatable bonds is 2. The molecule has 0 aromatic heterocycles. The largest absolute Gasteiger partial charge is 0.508 e. The van der Waals surface area contributed by atoms with E-state index in [0.717, 1.165) is 12.8 Å². The van der Waals surface area contributed by atoms with Crippen LogP contribution in [-0.2, 0) is 5.41 Å². The Morgan fingerprint density at radius 3 is 1.32 bits per heavy atom. The molecule has 2 nitrogen and oxygen atoms in total. The standard InChI is InChI=1S/C20H24O2/c21-18-10-6-16(7-11-18)20(14-4-2-1-3-5-15-20)17-8-12-19(22)13-9-17/h6-13,21-22H,1-5,14-15H2. The summed E-state index contributed by atoms with van der Waals surface area (Å²) in [6.07, 6.45) is 8.62. The number of hydrogen-bond acceptors (Lipinski definition) is 2. The fraction of sp³-hybridized carbons (Fsp3) is 0.400. The van der Waals surface area contributed by atoms with Crippen LogP contribution in [0.5, 0.6) is 11.5 Å². The van der Waals surface area contributed by atoms with Crippen LogP contribution in [-0.4, -0.2) is 10.2 Å². The van der Waals surface area contributed by atoms with E-state index < -0.39 is 0 Å². The summed E-state index contributed by atoms with van der Waals surface area (Å²) < 4.78 is 0. The first kappa shape index (κ1) is 15.0. The molecule has 0 spiro atoms. The molecule has 1 aliphatic carbocycles. The summed E-state index contributed by atoms with van der Waals surface area (Å²) in [5.41, 5.74) is 2.55. The zero-order valence-corrected chi connectivity index (χ0v) is 13.0. The molecule has 0 unspecified atom stereocenters. The number of phenols is 2. The maximum absolute atomic E-state index is 9.61. The summed E-state index contributed by atoms with van der Waals surface area (Å²) in [5, 5.41) is 19.2. The average Bonchev–Trinajstić information content (AvgIpc) is 2.50. The second kappa shape index (κ2) is 6.43. The van der Waals surface area contributed by atoms with Crippen molar-refractivity contribution >= 4 is 0 Å². The van der Waals surface area contributed by atoms with Gasteiger partial charge in [-0.25, -0.2) is 0 Å². The van der Waals surface area contributed by atoms with E-state index >= 15 is 0 Å². The van der Waals surface area contributed by atoms with Crippen molar-refractivity contribution in [2.24, 2.45) is 0 Å². The minimum Gasteiger partial charge on any atom is -0.508 e. The Bertz CT molecular complexity index is 543. The molecule has 0 bridgehead atoms. The van der Waals surface area contributed by atoms with Crippen molar-refractivity contribution in [3.63, 3.8) is 0 Å². The molecule has 116 valence electrons.